The van der Waals surface area contributed by atoms with Gasteiger partial charge in [-0.25, -0.2) is 0 Å². The molecule has 0 bridgehead atoms. The van der Waals surface area contributed by atoms with Crippen LogP contribution in [0.4, 0.5) is 0 Å². The molecule has 3 heterocycles. The highest BCUT2D eigenvalue weighted by Crippen LogP contribution is 2.21. The number of pyridine rings is 1. The number of aromatic nitrogens is 3. The summed E-state index contributed by atoms with van der Waals surface area (Å²) in [6, 6.07) is 5.68. The summed E-state index contributed by atoms with van der Waals surface area (Å²) in [6.45, 7) is 1.71. The number of halogens is 1. The third-order valence-electron chi connectivity index (χ3n) is 3.26. The van der Waals surface area contributed by atoms with Crippen LogP contribution >= 0.6 is 11.6 Å². The monoisotopic (exact) mass is 251 g/mol. The molecular formula is C12H14ClN3O. The molecule has 0 aromatic carbocycles. The first-order valence-electron chi connectivity index (χ1n) is 5.91. The lowest BCUT2D eigenvalue weighted by molar-refractivity contribution is 0.0659. The number of rotatable bonds is 2. The average Bonchev–Trinajstić information content (AvgIpc) is 2.75. The molecule has 17 heavy (non-hydrogen) atoms. The fourth-order valence-corrected chi connectivity index (χ4v) is 2.56. The zero-order valence-corrected chi connectivity index (χ0v) is 10.2. The number of nitrogens with zero attached hydrogens (tertiary/aromatic N) is 3. The highest BCUT2D eigenvalue weighted by molar-refractivity contribution is 6.29. The molecule has 0 amide bonds. The highest BCUT2D eigenvalue weighted by atomic mass is 35.5. The molecule has 1 fully saturated rings. The van der Waals surface area contributed by atoms with E-state index in [0.717, 1.165) is 43.9 Å². The minimum absolute atomic E-state index is 0.632. The van der Waals surface area contributed by atoms with Gasteiger partial charge in [0.25, 0.3) is 0 Å². The van der Waals surface area contributed by atoms with Crippen molar-refractivity contribution in [2.45, 2.75) is 19.3 Å². The van der Waals surface area contributed by atoms with E-state index >= 15 is 0 Å². The second kappa shape index (κ2) is 4.63. The Labute approximate surface area is 105 Å². The molecule has 0 aliphatic carbocycles. The Morgan fingerprint density at radius 3 is 2.94 bits per heavy atom. The zero-order chi connectivity index (χ0) is 11.7. The molecule has 90 valence electrons. The summed E-state index contributed by atoms with van der Waals surface area (Å²) >= 11 is 6.18. The summed E-state index contributed by atoms with van der Waals surface area (Å²) < 4.78 is 7.29. The van der Waals surface area contributed by atoms with E-state index < -0.39 is 0 Å². The first-order valence-corrected chi connectivity index (χ1v) is 6.28. The number of hydrogen-bond donors (Lipinski definition) is 0. The van der Waals surface area contributed by atoms with Gasteiger partial charge < -0.3 is 4.74 Å². The van der Waals surface area contributed by atoms with Crippen LogP contribution in [0.25, 0.3) is 5.65 Å². The molecule has 4 nitrogen and oxygen atoms in total. The zero-order valence-electron chi connectivity index (χ0n) is 9.47. The van der Waals surface area contributed by atoms with Gasteiger partial charge in [-0.15, -0.1) is 10.2 Å². The van der Waals surface area contributed by atoms with Crippen LogP contribution in [0.2, 0.25) is 5.15 Å². The van der Waals surface area contributed by atoms with Gasteiger partial charge in [0.1, 0.15) is 11.0 Å². The summed E-state index contributed by atoms with van der Waals surface area (Å²) in [5, 5.41) is 9.06. The van der Waals surface area contributed by atoms with Gasteiger partial charge in [-0.3, -0.25) is 4.40 Å². The number of fused-ring (bicyclic) bond motifs is 1. The lowest BCUT2D eigenvalue weighted by Crippen LogP contribution is -2.18. The predicted molar refractivity (Wildman–Crippen MR) is 65.2 cm³/mol. The molecule has 1 aliphatic rings. The first-order chi connectivity index (χ1) is 8.34. The maximum Gasteiger partial charge on any atom is 0.161 e. The molecule has 0 N–H and O–H groups in total. The normalized spacial score (nSPS) is 17.7. The van der Waals surface area contributed by atoms with Crippen LogP contribution < -0.4 is 0 Å². The van der Waals surface area contributed by atoms with Crippen LogP contribution in [0, 0.1) is 5.92 Å². The van der Waals surface area contributed by atoms with Crippen molar-refractivity contribution in [3.8, 4) is 0 Å². The first kappa shape index (κ1) is 11.0. The Balaban J connectivity index is 1.89. The van der Waals surface area contributed by atoms with Crippen molar-refractivity contribution >= 4 is 17.2 Å². The van der Waals surface area contributed by atoms with Gasteiger partial charge in [0, 0.05) is 19.6 Å². The van der Waals surface area contributed by atoms with Gasteiger partial charge in [0.2, 0.25) is 0 Å². The van der Waals surface area contributed by atoms with E-state index in [1.165, 1.54) is 0 Å². The molecule has 2 aromatic rings. The van der Waals surface area contributed by atoms with Gasteiger partial charge in [-0.2, -0.15) is 0 Å². The second-order valence-corrected chi connectivity index (χ2v) is 4.81. The average molecular weight is 252 g/mol. The van der Waals surface area contributed by atoms with Crippen molar-refractivity contribution in [3.05, 3.63) is 29.2 Å². The van der Waals surface area contributed by atoms with Crippen molar-refractivity contribution in [1.82, 2.24) is 14.6 Å². The maximum atomic E-state index is 6.18. The van der Waals surface area contributed by atoms with Crippen molar-refractivity contribution in [3.63, 3.8) is 0 Å². The molecule has 5 heteroatoms. The summed E-state index contributed by atoms with van der Waals surface area (Å²) in [4.78, 5) is 0. The van der Waals surface area contributed by atoms with Crippen LogP contribution in [0.5, 0.6) is 0 Å². The number of hydrogen-bond acceptors (Lipinski definition) is 3. The van der Waals surface area contributed by atoms with Crippen LogP contribution in [-0.4, -0.2) is 27.8 Å². The van der Waals surface area contributed by atoms with Crippen molar-refractivity contribution in [1.29, 1.82) is 0 Å². The van der Waals surface area contributed by atoms with Crippen LogP contribution in [0.1, 0.15) is 18.7 Å². The highest BCUT2D eigenvalue weighted by Gasteiger charge is 2.18. The molecule has 3 rings (SSSR count). The Bertz CT molecular complexity index is 519. The summed E-state index contributed by atoms with van der Waals surface area (Å²) in [5.41, 5.74) is 0.819. The second-order valence-electron chi connectivity index (χ2n) is 4.42. The van der Waals surface area contributed by atoms with Gasteiger partial charge >= 0.3 is 0 Å². The van der Waals surface area contributed by atoms with Gasteiger partial charge in [-0.1, -0.05) is 17.7 Å². The molecule has 0 radical (unpaired) electrons. The third-order valence-corrected chi connectivity index (χ3v) is 3.55. The van der Waals surface area contributed by atoms with E-state index in [2.05, 4.69) is 10.2 Å². The number of ether oxygens (including phenoxy) is 1. The van der Waals surface area contributed by atoms with Crippen molar-refractivity contribution < 1.29 is 4.74 Å². The minimum Gasteiger partial charge on any atom is -0.381 e. The van der Waals surface area contributed by atoms with E-state index in [9.17, 15) is 0 Å². The minimum atomic E-state index is 0.632. The summed E-state index contributed by atoms with van der Waals surface area (Å²) in [6.07, 6.45) is 3.12. The Morgan fingerprint density at radius 2 is 2.12 bits per heavy atom. The molecule has 0 spiro atoms. The quantitative estimate of drug-likeness (QED) is 0.770. The fraction of sp³-hybridized carbons (Fsp3) is 0.500. The van der Waals surface area contributed by atoms with E-state index in [-0.39, 0.29) is 0 Å². The van der Waals surface area contributed by atoms with Crippen LogP contribution in [0.15, 0.2) is 18.2 Å². The van der Waals surface area contributed by atoms with Crippen molar-refractivity contribution in [2.75, 3.05) is 13.2 Å². The fourth-order valence-electron chi connectivity index (χ4n) is 2.30. The van der Waals surface area contributed by atoms with E-state index in [0.29, 0.717) is 11.1 Å². The molecule has 0 unspecified atom stereocenters. The van der Waals surface area contributed by atoms with Gasteiger partial charge in [0.15, 0.2) is 5.65 Å². The van der Waals surface area contributed by atoms with E-state index in [4.69, 9.17) is 16.3 Å². The van der Waals surface area contributed by atoms with Crippen LogP contribution in [0.3, 0.4) is 0 Å². The molecule has 1 aliphatic heterocycles. The molecule has 1 saturated heterocycles. The molecule has 2 aromatic heterocycles. The largest absolute Gasteiger partial charge is 0.381 e. The Kier molecular flexibility index (Phi) is 2.99. The Hall–Kier alpha value is -1.13. The smallest absolute Gasteiger partial charge is 0.161 e. The Morgan fingerprint density at radius 1 is 1.29 bits per heavy atom. The third kappa shape index (κ3) is 2.15. The van der Waals surface area contributed by atoms with Crippen LogP contribution in [-0.2, 0) is 11.2 Å². The maximum absolute atomic E-state index is 6.18. The standard InChI is InChI=1S/C12H14ClN3O/c13-10-2-1-3-11-14-15-12(16(10)11)8-9-4-6-17-7-5-9/h1-3,9H,4-8H2. The van der Waals surface area contributed by atoms with Crippen molar-refractivity contribution in [2.24, 2.45) is 5.92 Å². The van der Waals surface area contributed by atoms with E-state index in [1.807, 2.05) is 22.6 Å². The molecule has 0 saturated carbocycles. The topological polar surface area (TPSA) is 39.4 Å². The predicted octanol–water partition coefficient (Wildman–Crippen LogP) is 2.35. The lowest BCUT2D eigenvalue weighted by Gasteiger charge is -2.21. The summed E-state index contributed by atoms with van der Waals surface area (Å²) in [5.74, 6) is 1.59. The van der Waals surface area contributed by atoms with Gasteiger partial charge in [-0.05, 0) is 30.9 Å². The van der Waals surface area contributed by atoms with E-state index in [1.54, 1.807) is 0 Å². The molecular weight excluding hydrogens is 238 g/mol. The summed E-state index contributed by atoms with van der Waals surface area (Å²) in [7, 11) is 0. The lowest BCUT2D eigenvalue weighted by atomic mass is 9.96. The van der Waals surface area contributed by atoms with Gasteiger partial charge in [0.05, 0.1) is 0 Å². The SMILES string of the molecule is Clc1cccc2nnc(CC3CCOCC3)n12. The molecule has 0 atom stereocenters.